The third kappa shape index (κ3) is 2.53. The van der Waals surface area contributed by atoms with Gasteiger partial charge in [-0.25, -0.2) is 0 Å². The van der Waals surface area contributed by atoms with Crippen molar-refractivity contribution in [2.75, 3.05) is 0 Å². The van der Waals surface area contributed by atoms with E-state index in [1.807, 2.05) is 6.07 Å². The van der Waals surface area contributed by atoms with Crippen molar-refractivity contribution in [3.8, 4) is 0 Å². The number of nitrogens with zero attached hydrogens (tertiary/aromatic N) is 1. The first-order valence-electron chi connectivity index (χ1n) is 4.67. The highest BCUT2D eigenvalue weighted by molar-refractivity contribution is 5.49. The molecule has 0 aliphatic carbocycles. The fourth-order valence-electron chi connectivity index (χ4n) is 1.52. The van der Waals surface area contributed by atoms with E-state index in [0.29, 0.717) is 24.0 Å². The predicted molar refractivity (Wildman–Crippen MR) is 60.9 cm³/mol. The van der Waals surface area contributed by atoms with Crippen LogP contribution < -0.4 is 0 Å². The Kier molecular flexibility index (Phi) is 3.80. The Labute approximate surface area is 88.9 Å². The Morgan fingerprint density at radius 2 is 1.67 bits per heavy atom. The van der Waals surface area contributed by atoms with Crippen molar-refractivity contribution >= 4 is 5.69 Å². The smallest absolute Gasteiger partial charge is 0.258 e. The molecule has 1 rings (SSSR count). The fourth-order valence-corrected chi connectivity index (χ4v) is 1.52. The summed E-state index contributed by atoms with van der Waals surface area (Å²) in [6.45, 7) is 7.18. The van der Waals surface area contributed by atoms with Crippen molar-refractivity contribution in [2.24, 2.45) is 0 Å². The van der Waals surface area contributed by atoms with Crippen molar-refractivity contribution in [3.63, 3.8) is 0 Å². The van der Waals surface area contributed by atoms with Crippen molar-refractivity contribution in [1.82, 2.24) is 0 Å². The maximum atomic E-state index is 10.9. The summed E-state index contributed by atoms with van der Waals surface area (Å²) in [5, 5.41) is 10.9. The van der Waals surface area contributed by atoms with Crippen molar-refractivity contribution in [2.45, 2.75) is 12.8 Å². The quantitative estimate of drug-likeness (QED) is 0.419. The lowest BCUT2D eigenvalue weighted by Crippen LogP contribution is -1.99. The summed E-state index contributed by atoms with van der Waals surface area (Å²) in [5.74, 6) is 0. The van der Waals surface area contributed by atoms with Gasteiger partial charge in [0, 0.05) is 11.1 Å². The summed E-state index contributed by atoms with van der Waals surface area (Å²) in [4.78, 5) is 10.6. The molecule has 0 fully saturated rings. The van der Waals surface area contributed by atoms with Gasteiger partial charge in [0.2, 0.25) is 0 Å². The molecule has 0 aliphatic heterocycles. The van der Waals surface area contributed by atoms with E-state index in [1.165, 1.54) is 0 Å². The molecule has 0 saturated carbocycles. The Morgan fingerprint density at radius 3 is 2.00 bits per heavy atom. The summed E-state index contributed by atoms with van der Waals surface area (Å²) in [7, 11) is 0. The van der Waals surface area contributed by atoms with E-state index in [2.05, 4.69) is 13.2 Å². The van der Waals surface area contributed by atoms with Gasteiger partial charge in [0.15, 0.2) is 0 Å². The van der Waals surface area contributed by atoms with Gasteiger partial charge in [0.25, 0.3) is 5.69 Å². The van der Waals surface area contributed by atoms with Crippen LogP contribution in [0.3, 0.4) is 0 Å². The highest BCUT2D eigenvalue weighted by Crippen LogP contribution is 2.25. The van der Waals surface area contributed by atoms with E-state index in [4.69, 9.17) is 0 Å². The van der Waals surface area contributed by atoms with Crippen LogP contribution in [0.25, 0.3) is 0 Å². The zero-order valence-corrected chi connectivity index (χ0v) is 8.48. The number of allylic oxidation sites excluding steroid dienone is 2. The molecule has 0 aliphatic rings. The van der Waals surface area contributed by atoms with Gasteiger partial charge >= 0.3 is 0 Å². The van der Waals surface area contributed by atoms with E-state index >= 15 is 0 Å². The molecule has 0 amide bonds. The molecule has 78 valence electrons. The van der Waals surface area contributed by atoms with Gasteiger partial charge in [-0.05, 0) is 12.8 Å². The van der Waals surface area contributed by atoms with Crippen LogP contribution in [0.5, 0.6) is 0 Å². The van der Waals surface area contributed by atoms with Crippen molar-refractivity contribution < 1.29 is 4.92 Å². The van der Waals surface area contributed by atoms with E-state index in [9.17, 15) is 10.1 Å². The van der Waals surface area contributed by atoms with Gasteiger partial charge in [-0.3, -0.25) is 10.1 Å². The first kappa shape index (κ1) is 11.2. The highest BCUT2D eigenvalue weighted by Gasteiger charge is 2.16. The maximum absolute atomic E-state index is 10.9. The summed E-state index contributed by atoms with van der Waals surface area (Å²) >= 11 is 0. The number of hydrogen-bond acceptors (Lipinski definition) is 2. The molecule has 15 heavy (non-hydrogen) atoms. The molecule has 0 radical (unpaired) electrons. The Balaban J connectivity index is 3.26. The minimum absolute atomic E-state index is 0.192. The van der Waals surface area contributed by atoms with Crippen LogP contribution >= 0.6 is 0 Å². The number of rotatable bonds is 5. The number of benzene rings is 1. The van der Waals surface area contributed by atoms with E-state index in [-0.39, 0.29) is 10.6 Å². The molecule has 0 atom stereocenters. The van der Waals surface area contributed by atoms with E-state index in [1.54, 1.807) is 24.3 Å². The lowest BCUT2D eigenvalue weighted by molar-refractivity contribution is -0.386. The number of nitro groups is 1. The van der Waals surface area contributed by atoms with Gasteiger partial charge in [-0.1, -0.05) is 30.4 Å². The van der Waals surface area contributed by atoms with E-state index < -0.39 is 0 Å². The molecule has 0 N–H and O–H groups in total. The van der Waals surface area contributed by atoms with Gasteiger partial charge in [-0.15, -0.1) is 13.2 Å². The molecular weight excluding hydrogens is 190 g/mol. The number of nitro benzene ring substituents is 1. The van der Waals surface area contributed by atoms with Crippen LogP contribution in [0, 0.1) is 10.1 Å². The maximum Gasteiger partial charge on any atom is 0.276 e. The molecule has 1 aromatic rings. The van der Waals surface area contributed by atoms with Crippen LogP contribution in [0.15, 0.2) is 43.5 Å². The average Bonchev–Trinajstić information content (AvgIpc) is 2.18. The fraction of sp³-hybridized carbons (Fsp3) is 0.167. The molecular formula is C12H13NO2. The zero-order chi connectivity index (χ0) is 11.3. The molecule has 0 heterocycles. The molecule has 3 nitrogen and oxygen atoms in total. The van der Waals surface area contributed by atoms with Gasteiger partial charge < -0.3 is 0 Å². The van der Waals surface area contributed by atoms with Crippen LogP contribution in [0.2, 0.25) is 0 Å². The number of hydrogen-bond donors (Lipinski definition) is 0. The first-order chi connectivity index (χ1) is 7.20. The molecule has 0 bridgehead atoms. The minimum atomic E-state index is -0.336. The normalized spacial score (nSPS) is 9.60. The van der Waals surface area contributed by atoms with Gasteiger partial charge in [0.1, 0.15) is 0 Å². The number of para-hydroxylation sites is 1. The summed E-state index contributed by atoms with van der Waals surface area (Å²) in [5.41, 5.74) is 1.60. The monoisotopic (exact) mass is 203 g/mol. The summed E-state index contributed by atoms with van der Waals surface area (Å²) < 4.78 is 0. The largest absolute Gasteiger partial charge is 0.276 e. The summed E-state index contributed by atoms with van der Waals surface area (Å²) in [6, 6.07) is 5.34. The molecule has 0 aromatic heterocycles. The minimum Gasteiger partial charge on any atom is -0.258 e. The summed E-state index contributed by atoms with van der Waals surface area (Å²) in [6.07, 6.45) is 4.36. The lowest BCUT2D eigenvalue weighted by atomic mass is 10.0. The van der Waals surface area contributed by atoms with Gasteiger partial charge in [-0.2, -0.15) is 0 Å². The average molecular weight is 203 g/mol. The van der Waals surface area contributed by atoms with Crippen LogP contribution in [0.4, 0.5) is 5.69 Å². The second-order valence-electron chi connectivity index (χ2n) is 3.17. The Bertz CT molecular complexity index is 368. The third-order valence-electron chi connectivity index (χ3n) is 2.11. The molecule has 1 aromatic carbocycles. The Hall–Kier alpha value is -1.90. The zero-order valence-electron chi connectivity index (χ0n) is 8.48. The third-order valence-corrected chi connectivity index (χ3v) is 2.11. The second-order valence-corrected chi connectivity index (χ2v) is 3.17. The van der Waals surface area contributed by atoms with Crippen molar-refractivity contribution in [3.05, 3.63) is 64.8 Å². The molecule has 0 unspecified atom stereocenters. The van der Waals surface area contributed by atoms with Crippen molar-refractivity contribution in [1.29, 1.82) is 0 Å². The van der Waals surface area contributed by atoms with Crippen LogP contribution in [-0.2, 0) is 12.8 Å². The van der Waals surface area contributed by atoms with Gasteiger partial charge in [0.05, 0.1) is 4.92 Å². The predicted octanol–water partition coefficient (Wildman–Crippen LogP) is 3.05. The van der Waals surface area contributed by atoms with Crippen LogP contribution in [-0.4, -0.2) is 4.92 Å². The standard InChI is InChI=1S/C12H13NO2/c1-3-6-10-8-5-9-11(7-4-2)12(10)13(14)15/h3-5,8-9H,1-2,6-7H2. The first-order valence-corrected chi connectivity index (χ1v) is 4.67. The SMILES string of the molecule is C=CCc1cccc(CC=C)c1[N+](=O)[O-]. The molecule has 0 spiro atoms. The molecule has 0 saturated heterocycles. The topological polar surface area (TPSA) is 43.1 Å². The Morgan fingerprint density at radius 1 is 1.20 bits per heavy atom. The second kappa shape index (κ2) is 5.10. The molecule has 3 heteroatoms. The van der Waals surface area contributed by atoms with Crippen LogP contribution in [0.1, 0.15) is 11.1 Å². The van der Waals surface area contributed by atoms with E-state index in [0.717, 1.165) is 0 Å². The lowest BCUT2D eigenvalue weighted by Gasteiger charge is -2.04. The highest BCUT2D eigenvalue weighted by atomic mass is 16.6.